The lowest BCUT2D eigenvalue weighted by atomic mass is 10.0. The van der Waals surface area contributed by atoms with Crippen molar-refractivity contribution in [3.05, 3.63) is 125 Å². The maximum absolute atomic E-state index is 14.7. The number of hydrogen-bond acceptors (Lipinski definition) is 5. The van der Waals surface area contributed by atoms with Crippen LogP contribution in [0.4, 0.5) is 5.69 Å². The van der Waals surface area contributed by atoms with Crippen LogP contribution in [0, 0.1) is 13.8 Å². The van der Waals surface area contributed by atoms with Crippen molar-refractivity contribution in [2.75, 3.05) is 17.5 Å². The predicted octanol–water partition coefficient (Wildman–Crippen LogP) is 6.45. The molecule has 0 heterocycles. The molecule has 4 rings (SSSR count). The average Bonchev–Trinajstić information content (AvgIpc) is 3.07. The van der Waals surface area contributed by atoms with E-state index < -0.39 is 28.5 Å². The van der Waals surface area contributed by atoms with Crippen LogP contribution >= 0.6 is 0 Å². The molecule has 0 unspecified atom stereocenters. The number of carbonyl (C=O) groups is 2. The van der Waals surface area contributed by atoms with E-state index in [1.165, 1.54) is 17.0 Å². The van der Waals surface area contributed by atoms with E-state index in [1.54, 1.807) is 36.4 Å². The average molecular weight is 656 g/mol. The summed E-state index contributed by atoms with van der Waals surface area (Å²) in [5, 5.41) is 3.07. The quantitative estimate of drug-likeness (QED) is 0.159. The standard InChI is InChI=1S/C38H45N3O5S/c1-6-30(5)39-38(43)35(25-31-16-9-8-10-17-31)40(26-32-18-12-11-15-29(32)4)37(42)27-41(34-19-13-14-20-36(34)46-7-2)47(44,45)33-23-21-28(3)22-24-33/h8-24,30,35H,6-7,25-27H2,1-5H3,(H,39,43)/t30-,35+/m0/s1. The number of para-hydroxylation sites is 2. The molecule has 2 atom stereocenters. The van der Waals surface area contributed by atoms with Crippen molar-refractivity contribution in [1.29, 1.82) is 0 Å². The molecular weight excluding hydrogens is 611 g/mol. The zero-order chi connectivity index (χ0) is 34.0. The Morgan fingerprint density at radius 3 is 2.13 bits per heavy atom. The second kappa shape index (κ2) is 16.3. The molecule has 0 aliphatic heterocycles. The Kier molecular flexibility index (Phi) is 12.2. The number of amides is 2. The van der Waals surface area contributed by atoms with Gasteiger partial charge in [0.2, 0.25) is 11.8 Å². The van der Waals surface area contributed by atoms with Gasteiger partial charge in [0.15, 0.2) is 0 Å². The molecule has 0 fully saturated rings. The molecule has 4 aromatic carbocycles. The fourth-order valence-corrected chi connectivity index (χ4v) is 6.68. The second-order valence-electron chi connectivity index (χ2n) is 11.7. The van der Waals surface area contributed by atoms with Crippen LogP contribution in [-0.2, 0) is 32.6 Å². The Morgan fingerprint density at radius 1 is 0.830 bits per heavy atom. The minimum atomic E-state index is -4.24. The van der Waals surface area contributed by atoms with E-state index >= 15 is 0 Å². The molecule has 8 nitrogen and oxygen atoms in total. The normalized spacial score (nSPS) is 12.5. The van der Waals surface area contributed by atoms with Crippen LogP contribution in [0.1, 0.15) is 49.4 Å². The van der Waals surface area contributed by atoms with E-state index in [2.05, 4.69) is 5.32 Å². The minimum absolute atomic E-state index is 0.0444. The van der Waals surface area contributed by atoms with Gasteiger partial charge in [0.05, 0.1) is 17.2 Å². The maximum Gasteiger partial charge on any atom is 0.264 e. The molecule has 0 bridgehead atoms. The van der Waals surface area contributed by atoms with E-state index in [0.717, 1.165) is 26.6 Å². The summed E-state index contributed by atoms with van der Waals surface area (Å²) in [5.41, 5.74) is 3.84. The summed E-state index contributed by atoms with van der Waals surface area (Å²) in [6.45, 7) is 9.42. The number of nitrogens with one attached hydrogen (secondary N) is 1. The van der Waals surface area contributed by atoms with Gasteiger partial charge in [0.25, 0.3) is 10.0 Å². The second-order valence-corrected chi connectivity index (χ2v) is 13.6. The fourth-order valence-electron chi connectivity index (χ4n) is 5.26. The Labute approximate surface area is 279 Å². The summed E-state index contributed by atoms with van der Waals surface area (Å²) >= 11 is 0. The Hall–Kier alpha value is -4.63. The van der Waals surface area contributed by atoms with Gasteiger partial charge in [0.1, 0.15) is 18.3 Å². The van der Waals surface area contributed by atoms with Crippen molar-refractivity contribution in [3.63, 3.8) is 0 Å². The summed E-state index contributed by atoms with van der Waals surface area (Å²) in [7, 11) is -4.24. The molecule has 0 saturated carbocycles. The van der Waals surface area contributed by atoms with Gasteiger partial charge in [-0.15, -0.1) is 0 Å². The van der Waals surface area contributed by atoms with Crippen LogP contribution in [0.15, 0.2) is 108 Å². The number of sulfonamides is 1. The molecule has 2 amide bonds. The third-order valence-electron chi connectivity index (χ3n) is 8.20. The van der Waals surface area contributed by atoms with Gasteiger partial charge in [-0.1, -0.05) is 91.3 Å². The first-order valence-corrected chi connectivity index (χ1v) is 17.5. The lowest BCUT2D eigenvalue weighted by molar-refractivity contribution is -0.140. The zero-order valence-electron chi connectivity index (χ0n) is 27.8. The van der Waals surface area contributed by atoms with Crippen molar-refractivity contribution < 1.29 is 22.7 Å². The lowest BCUT2D eigenvalue weighted by Gasteiger charge is -2.35. The summed E-state index contributed by atoms with van der Waals surface area (Å²) in [5.74, 6) is -0.484. The zero-order valence-corrected chi connectivity index (χ0v) is 28.7. The van der Waals surface area contributed by atoms with Crippen LogP contribution < -0.4 is 14.4 Å². The summed E-state index contributed by atoms with van der Waals surface area (Å²) in [6, 6.07) is 29.5. The number of aryl methyl sites for hydroxylation is 2. The summed E-state index contributed by atoms with van der Waals surface area (Å²) in [4.78, 5) is 30.3. The number of carbonyl (C=O) groups excluding carboxylic acids is 2. The number of rotatable bonds is 15. The minimum Gasteiger partial charge on any atom is -0.492 e. The number of hydrogen-bond donors (Lipinski definition) is 1. The lowest BCUT2D eigenvalue weighted by Crippen LogP contribution is -2.54. The van der Waals surface area contributed by atoms with E-state index in [4.69, 9.17) is 4.74 Å². The van der Waals surface area contributed by atoms with Gasteiger partial charge in [0, 0.05) is 19.0 Å². The highest BCUT2D eigenvalue weighted by Crippen LogP contribution is 2.33. The molecule has 4 aromatic rings. The van der Waals surface area contributed by atoms with E-state index in [-0.39, 0.29) is 35.5 Å². The van der Waals surface area contributed by atoms with Crippen molar-refractivity contribution >= 4 is 27.5 Å². The smallest absolute Gasteiger partial charge is 0.264 e. The predicted molar refractivity (Wildman–Crippen MR) is 187 cm³/mol. The molecule has 0 saturated heterocycles. The number of benzene rings is 4. The van der Waals surface area contributed by atoms with Crippen molar-refractivity contribution in [2.45, 2.75) is 71.0 Å². The van der Waals surface area contributed by atoms with Crippen LogP contribution in [0.3, 0.4) is 0 Å². The van der Waals surface area contributed by atoms with Gasteiger partial charge >= 0.3 is 0 Å². The molecule has 47 heavy (non-hydrogen) atoms. The molecule has 0 aliphatic carbocycles. The summed E-state index contributed by atoms with van der Waals surface area (Å²) < 4.78 is 35.7. The van der Waals surface area contributed by atoms with E-state index in [9.17, 15) is 18.0 Å². The first-order valence-electron chi connectivity index (χ1n) is 16.0. The van der Waals surface area contributed by atoms with E-state index in [1.807, 2.05) is 89.2 Å². The van der Waals surface area contributed by atoms with Gasteiger partial charge in [-0.2, -0.15) is 0 Å². The molecule has 1 N–H and O–H groups in total. The van der Waals surface area contributed by atoms with Crippen molar-refractivity contribution in [3.8, 4) is 5.75 Å². The topological polar surface area (TPSA) is 96.0 Å². The SMILES string of the molecule is CCOc1ccccc1N(CC(=O)N(Cc1ccccc1C)[C@H](Cc1ccccc1)C(=O)N[C@@H](C)CC)S(=O)(=O)c1ccc(C)cc1. The van der Waals surface area contributed by atoms with Crippen LogP contribution in [0.25, 0.3) is 0 Å². The van der Waals surface area contributed by atoms with E-state index in [0.29, 0.717) is 18.8 Å². The molecule has 0 aromatic heterocycles. The fraction of sp³-hybridized carbons (Fsp3) is 0.316. The third-order valence-corrected chi connectivity index (χ3v) is 9.97. The van der Waals surface area contributed by atoms with Gasteiger partial charge < -0.3 is 15.0 Å². The maximum atomic E-state index is 14.7. The van der Waals surface area contributed by atoms with Crippen LogP contribution in [0.2, 0.25) is 0 Å². The first kappa shape index (κ1) is 35.2. The number of nitrogens with zero attached hydrogens (tertiary/aromatic N) is 2. The molecule has 0 aliphatic rings. The Bertz CT molecular complexity index is 1740. The highest BCUT2D eigenvalue weighted by Gasteiger charge is 2.36. The van der Waals surface area contributed by atoms with Gasteiger partial charge in [-0.25, -0.2) is 8.42 Å². The molecule has 0 radical (unpaired) electrons. The van der Waals surface area contributed by atoms with Crippen molar-refractivity contribution in [1.82, 2.24) is 10.2 Å². The molecule has 9 heteroatoms. The molecular formula is C38H45N3O5S. The van der Waals surface area contributed by atoms with Crippen molar-refractivity contribution in [2.24, 2.45) is 0 Å². The molecule has 0 spiro atoms. The number of anilines is 1. The van der Waals surface area contributed by atoms with Crippen LogP contribution in [0.5, 0.6) is 5.75 Å². The number of ether oxygens (including phenoxy) is 1. The Balaban J connectivity index is 1.85. The van der Waals surface area contributed by atoms with Gasteiger partial charge in [-0.3, -0.25) is 13.9 Å². The third kappa shape index (κ3) is 9.01. The largest absolute Gasteiger partial charge is 0.492 e. The molecule has 248 valence electrons. The summed E-state index contributed by atoms with van der Waals surface area (Å²) in [6.07, 6.45) is 0.966. The highest BCUT2D eigenvalue weighted by molar-refractivity contribution is 7.92. The monoisotopic (exact) mass is 655 g/mol. The first-order chi connectivity index (χ1) is 22.5. The van der Waals surface area contributed by atoms with Gasteiger partial charge in [-0.05, 0) is 75.1 Å². The van der Waals surface area contributed by atoms with Crippen LogP contribution in [-0.4, -0.2) is 50.4 Å². The highest BCUT2D eigenvalue weighted by atomic mass is 32.2. The Morgan fingerprint density at radius 2 is 1.47 bits per heavy atom.